The summed E-state index contributed by atoms with van der Waals surface area (Å²) in [6, 6.07) is 10.9. The van der Waals surface area contributed by atoms with Crippen LogP contribution in [0.5, 0.6) is 17.2 Å². The van der Waals surface area contributed by atoms with Crippen molar-refractivity contribution in [3.63, 3.8) is 0 Å². The Hall–Kier alpha value is -2.90. The molecule has 0 spiro atoms. The first-order valence-corrected chi connectivity index (χ1v) is 8.59. The molecular weight excluding hydrogens is 375 g/mol. The van der Waals surface area contributed by atoms with Gasteiger partial charge in [-0.3, -0.25) is 4.79 Å². The Morgan fingerprint density at radius 2 is 1.75 bits per heavy atom. The number of benzene rings is 2. The fraction of sp³-hybridized carbons (Fsp3) is 0.350. The first-order valence-electron chi connectivity index (χ1n) is 8.59. The largest absolute Gasteiger partial charge is 0.493 e. The van der Waals surface area contributed by atoms with E-state index >= 15 is 0 Å². The zero-order valence-corrected chi connectivity index (χ0v) is 15.8. The topological polar surface area (TPSA) is 56.8 Å². The molecule has 8 heteroatoms. The van der Waals surface area contributed by atoms with E-state index in [1.165, 1.54) is 19.2 Å². The van der Waals surface area contributed by atoms with Gasteiger partial charge in [0.25, 0.3) is 5.91 Å². The molecule has 0 saturated heterocycles. The predicted octanol–water partition coefficient (Wildman–Crippen LogP) is 4.35. The standard InChI is InChI=1S/C20H22F3NO4/c1-13(2)28-17-9-6-15(10-18(17)26-3)19(25)24-11-14-4-7-16(8-5-14)27-12-20(21,22)23/h4-10,13H,11-12H2,1-3H3,(H,24,25). The van der Waals surface area contributed by atoms with Gasteiger partial charge in [-0.25, -0.2) is 0 Å². The number of carbonyl (C=O) groups excluding carboxylic acids is 1. The second kappa shape index (κ2) is 9.34. The Balaban J connectivity index is 1.94. The summed E-state index contributed by atoms with van der Waals surface area (Å²) in [5.41, 5.74) is 1.12. The van der Waals surface area contributed by atoms with Crippen LogP contribution < -0.4 is 19.5 Å². The van der Waals surface area contributed by atoms with E-state index in [0.29, 0.717) is 17.1 Å². The molecule has 0 radical (unpaired) electrons. The van der Waals surface area contributed by atoms with E-state index in [1.54, 1.807) is 30.3 Å². The number of hydrogen-bond donors (Lipinski definition) is 1. The molecule has 0 aliphatic heterocycles. The lowest BCUT2D eigenvalue weighted by Gasteiger charge is -2.14. The van der Waals surface area contributed by atoms with Crippen LogP contribution in [0.3, 0.4) is 0 Å². The molecule has 0 bridgehead atoms. The Morgan fingerprint density at radius 1 is 1.07 bits per heavy atom. The zero-order chi connectivity index (χ0) is 20.7. The van der Waals surface area contributed by atoms with Gasteiger partial charge < -0.3 is 19.5 Å². The van der Waals surface area contributed by atoms with Gasteiger partial charge in [0, 0.05) is 12.1 Å². The van der Waals surface area contributed by atoms with Gasteiger partial charge in [0.1, 0.15) is 5.75 Å². The van der Waals surface area contributed by atoms with Crippen LogP contribution in [0.4, 0.5) is 13.2 Å². The highest BCUT2D eigenvalue weighted by molar-refractivity contribution is 5.94. The van der Waals surface area contributed by atoms with E-state index < -0.39 is 12.8 Å². The summed E-state index contributed by atoms with van der Waals surface area (Å²) in [6.45, 7) is 2.64. The van der Waals surface area contributed by atoms with Crippen molar-refractivity contribution < 1.29 is 32.2 Å². The Kier molecular flexibility index (Phi) is 7.14. The summed E-state index contributed by atoms with van der Waals surface area (Å²) in [4.78, 5) is 12.3. The maximum atomic E-state index is 12.3. The van der Waals surface area contributed by atoms with Crippen molar-refractivity contribution in [1.29, 1.82) is 0 Å². The third-order valence-corrected chi connectivity index (χ3v) is 3.57. The number of ether oxygens (including phenoxy) is 3. The summed E-state index contributed by atoms with van der Waals surface area (Å²) < 4.78 is 52.0. The molecule has 2 aromatic rings. The molecule has 0 aromatic heterocycles. The zero-order valence-electron chi connectivity index (χ0n) is 15.8. The number of rotatable bonds is 8. The minimum atomic E-state index is -4.39. The molecule has 1 amide bonds. The molecule has 0 saturated carbocycles. The van der Waals surface area contributed by atoms with Crippen LogP contribution in [0.1, 0.15) is 29.8 Å². The summed E-state index contributed by atoms with van der Waals surface area (Å²) in [5.74, 6) is 0.792. The number of halogens is 3. The Labute approximate surface area is 161 Å². The van der Waals surface area contributed by atoms with Crippen molar-refractivity contribution in [2.75, 3.05) is 13.7 Å². The highest BCUT2D eigenvalue weighted by Crippen LogP contribution is 2.29. The molecular formula is C20H22F3NO4. The number of alkyl halides is 3. The minimum absolute atomic E-state index is 0.0309. The molecule has 0 aliphatic rings. The van der Waals surface area contributed by atoms with Crippen LogP contribution in [-0.2, 0) is 6.54 Å². The minimum Gasteiger partial charge on any atom is -0.493 e. The number of methoxy groups -OCH3 is 1. The smallest absolute Gasteiger partial charge is 0.422 e. The summed E-state index contributed by atoms with van der Waals surface area (Å²) in [5, 5.41) is 2.75. The van der Waals surface area contributed by atoms with E-state index in [-0.39, 0.29) is 24.3 Å². The Morgan fingerprint density at radius 3 is 2.32 bits per heavy atom. The number of amides is 1. The molecule has 28 heavy (non-hydrogen) atoms. The maximum Gasteiger partial charge on any atom is 0.422 e. The number of hydrogen-bond acceptors (Lipinski definition) is 4. The summed E-state index contributed by atoms with van der Waals surface area (Å²) in [7, 11) is 1.49. The van der Waals surface area contributed by atoms with Crippen molar-refractivity contribution in [1.82, 2.24) is 5.32 Å². The lowest BCUT2D eigenvalue weighted by Crippen LogP contribution is -2.23. The molecule has 5 nitrogen and oxygen atoms in total. The SMILES string of the molecule is COc1cc(C(=O)NCc2ccc(OCC(F)(F)F)cc2)ccc1OC(C)C. The van der Waals surface area contributed by atoms with Gasteiger partial charge in [0.2, 0.25) is 0 Å². The molecule has 0 aliphatic carbocycles. The fourth-order valence-electron chi connectivity index (χ4n) is 2.31. The third kappa shape index (κ3) is 6.68. The maximum absolute atomic E-state index is 12.3. The second-order valence-electron chi connectivity index (χ2n) is 6.26. The molecule has 0 atom stereocenters. The fourth-order valence-corrected chi connectivity index (χ4v) is 2.31. The normalized spacial score (nSPS) is 11.2. The molecule has 0 fully saturated rings. The van der Waals surface area contributed by atoms with Crippen LogP contribution in [0.15, 0.2) is 42.5 Å². The summed E-state index contributed by atoms with van der Waals surface area (Å²) >= 11 is 0. The monoisotopic (exact) mass is 397 g/mol. The molecule has 2 rings (SSSR count). The molecule has 152 valence electrons. The molecule has 2 aromatic carbocycles. The van der Waals surface area contributed by atoms with Crippen LogP contribution in [0.2, 0.25) is 0 Å². The van der Waals surface area contributed by atoms with Crippen LogP contribution in [-0.4, -0.2) is 31.9 Å². The van der Waals surface area contributed by atoms with Gasteiger partial charge in [-0.2, -0.15) is 13.2 Å². The average Bonchev–Trinajstić information content (AvgIpc) is 2.64. The third-order valence-electron chi connectivity index (χ3n) is 3.57. The predicted molar refractivity (Wildman–Crippen MR) is 97.9 cm³/mol. The molecule has 0 unspecified atom stereocenters. The van der Waals surface area contributed by atoms with Gasteiger partial charge >= 0.3 is 6.18 Å². The van der Waals surface area contributed by atoms with E-state index in [0.717, 1.165) is 5.56 Å². The van der Waals surface area contributed by atoms with Crippen LogP contribution in [0, 0.1) is 0 Å². The van der Waals surface area contributed by atoms with Crippen molar-refractivity contribution in [3.8, 4) is 17.2 Å². The average molecular weight is 397 g/mol. The Bertz CT molecular complexity index is 789. The van der Waals surface area contributed by atoms with Gasteiger partial charge in [-0.05, 0) is 49.7 Å². The van der Waals surface area contributed by atoms with Gasteiger partial charge in [0.05, 0.1) is 13.2 Å². The van der Waals surface area contributed by atoms with Gasteiger partial charge in [-0.1, -0.05) is 12.1 Å². The highest BCUT2D eigenvalue weighted by atomic mass is 19.4. The van der Waals surface area contributed by atoms with Crippen LogP contribution in [0.25, 0.3) is 0 Å². The van der Waals surface area contributed by atoms with E-state index in [2.05, 4.69) is 10.1 Å². The second-order valence-corrected chi connectivity index (χ2v) is 6.26. The van der Waals surface area contributed by atoms with E-state index in [9.17, 15) is 18.0 Å². The van der Waals surface area contributed by atoms with Crippen molar-refractivity contribution in [2.24, 2.45) is 0 Å². The summed E-state index contributed by atoms with van der Waals surface area (Å²) in [6.07, 6.45) is -4.42. The number of nitrogens with one attached hydrogen (secondary N) is 1. The molecule has 1 N–H and O–H groups in total. The van der Waals surface area contributed by atoms with Gasteiger partial charge in [0.15, 0.2) is 18.1 Å². The lowest BCUT2D eigenvalue weighted by atomic mass is 10.1. The van der Waals surface area contributed by atoms with Gasteiger partial charge in [-0.15, -0.1) is 0 Å². The van der Waals surface area contributed by atoms with E-state index in [1.807, 2.05) is 13.8 Å². The van der Waals surface area contributed by atoms with Crippen molar-refractivity contribution >= 4 is 5.91 Å². The first-order chi connectivity index (χ1) is 13.2. The lowest BCUT2D eigenvalue weighted by molar-refractivity contribution is -0.153. The van der Waals surface area contributed by atoms with Crippen molar-refractivity contribution in [3.05, 3.63) is 53.6 Å². The van der Waals surface area contributed by atoms with Crippen molar-refractivity contribution in [2.45, 2.75) is 32.7 Å². The quantitative estimate of drug-likeness (QED) is 0.719. The van der Waals surface area contributed by atoms with E-state index in [4.69, 9.17) is 9.47 Å². The first kappa shape index (κ1) is 21.4. The molecule has 0 heterocycles. The highest BCUT2D eigenvalue weighted by Gasteiger charge is 2.28. The van der Waals surface area contributed by atoms with Crippen LogP contribution >= 0.6 is 0 Å². The number of carbonyl (C=O) groups is 1.